The number of rotatable bonds is 12. The van der Waals surface area contributed by atoms with E-state index in [-0.39, 0.29) is 0 Å². The first-order chi connectivity index (χ1) is 26.5. The van der Waals surface area contributed by atoms with Gasteiger partial charge in [0, 0.05) is 48.4 Å². The fourth-order valence-corrected chi connectivity index (χ4v) is 7.23. The Morgan fingerprint density at radius 2 is 0.722 bits per heavy atom. The van der Waals surface area contributed by atoms with Crippen molar-refractivity contribution < 1.29 is 28.4 Å². The number of hydrogen-bond acceptors (Lipinski definition) is 12. The molecule has 0 N–H and O–H groups in total. The third-order valence-electron chi connectivity index (χ3n) is 10.1. The van der Waals surface area contributed by atoms with E-state index in [1.807, 2.05) is 42.5 Å². The molecular formula is C42H48N6O6. The molecule has 2 aliphatic heterocycles. The van der Waals surface area contributed by atoms with Gasteiger partial charge in [0.1, 0.15) is 0 Å². The van der Waals surface area contributed by atoms with E-state index in [1.165, 1.54) is 12.8 Å². The molecule has 0 unspecified atom stereocenters. The van der Waals surface area contributed by atoms with Crippen LogP contribution < -0.4 is 38.2 Å². The second-order valence-corrected chi connectivity index (χ2v) is 13.4. The van der Waals surface area contributed by atoms with Gasteiger partial charge in [0.2, 0.25) is 23.4 Å². The molecule has 0 spiro atoms. The Hall–Kier alpha value is -5.78. The third-order valence-corrected chi connectivity index (χ3v) is 10.1. The smallest absolute Gasteiger partial charge is 0.226 e. The molecule has 4 heterocycles. The molecule has 7 rings (SSSR count). The van der Waals surface area contributed by atoms with E-state index in [4.69, 9.17) is 48.4 Å². The summed E-state index contributed by atoms with van der Waals surface area (Å²) in [5.41, 5.74) is 6.65. The lowest BCUT2D eigenvalue weighted by Crippen LogP contribution is -2.31. The monoisotopic (exact) mass is 732 g/mol. The zero-order chi connectivity index (χ0) is 37.6. The molecule has 0 saturated carbocycles. The van der Waals surface area contributed by atoms with Crippen molar-refractivity contribution >= 4 is 11.9 Å². The number of nitrogens with zero attached hydrogens (tertiary/aromatic N) is 6. The molecule has 0 bridgehead atoms. The minimum Gasteiger partial charge on any atom is -0.493 e. The van der Waals surface area contributed by atoms with Gasteiger partial charge in [-0.2, -0.15) is 0 Å². The molecule has 3 aromatic carbocycles. The zero-order valence-electron chi connectivity index (χ0n) is 32.0. The van der Waals surface area contributed by atoms with Gasteiger partial charge in [-0.1, -0.05) is 18.2 Å². The van der Waals surface area contributed by atoms with E-state index < -0.39 is 0 Å². The molecule has 54 heavy (non-hydrogen) atoms. The number of anilines is 2. The molecule has 0 radical (unpaired) electrons. The molecule has 2 aliphatic rings. The fourth-order valence-electron chi connectivity index (χ4n) is 7.23. The lowest BCUT2D eigenvalue weighted by molar-refractivity contribution is 0.324. The van der Waals surface area contributed by atoms with Crippen LogP contribution in [0, 0.1) is 0 Å². The van der Waals surface area contributed by atoms with E-state index in [9.17, 15) is 0 Å². The van der Waals surface area contributed by atoms with Crippen molar-refractivity contribution in [3.05, 3.63) is 60.7 Å². The topological polar surface area (TPSA) is 113 Å². The largest absolute Gasteiger partial charge is 0.493 e. The summed E-state index contributed by atoms with van der Waals surface area (Å²) < 4.78 is 34.0. The van der Waals surface area contributed by atoms with Crippen LogP contribution in [0.5, 0.6) is 34.5 Å². The summed E-state index contributed by atoms with van der Waals surface area (Å²) in [6.07, 6.45) is 6.81. The highest BCUT2D eigenvalue weighted by molar-refractivity contribution is 5.78. The Balaban J connectivity index is 1.36. The van der Waals surface area contributed by atoms with Gasteiger partial charge < -0.3 is 38.2 Å². The van der Waals surface area contributed by atoms with Crippen LogP contribution in [0.3, 0.4) is 0 Å². The standard InChI is InChI=1S/C42H48N6O6/c1-49-35-21-29(22-36(50-2)39(35)53-5)33-25-31(43-41(45-33)47-16-9-7-10-17-47)27-14-13-15-28(20-27)32-26-34(46-42(44-32)48-18-11-8-12-19-48)30-23-37(51-3)40(54-6)38(24-30)52-4/h13-15,20-26H,7-12,16-19H2,1-6H3. The Labute approximate surface area is 317 Å². The number of ether oxygens (including phenoxy) is 6. The first-order valence-corrected chi connectivity index (χ1v) is 18.5. The first-order valence-electron chi connectivity index (χ1n) is 18.5. The van der Waals surface area contributed by atoms with Crippen molar-refractivity contribution in [2.45, 2.75) is 38.5 Å². The Morgan fingerprint density at radius 1 is 0.389 bits per heavy atom. The van der Waals surface area contributed by atoms with Gasteiger partial charge in [0.15, 0.2) is 23.0 Å². The summed E-state index contributed by atoms with van der Waals surface area (Å²) in [5.74, 6) is 4.69. The molecular weight excluding hydrogens is 684 g/mol. The van der Waals surface area contributed by atoms with Gasteiger partial charge in [0.05, 0.1) is 65.4 Å². The quantitative estimate of drug-likeness (QED) is 0.124. The Bertz CT molecular complexity index is 1900. The maximum atomic E-state index is 5.70. The van der Waals surface area contributed by atoms with Crippen LogP contribution in [-0.2, 0) is 0 Å². The number of hydrogen-bond donors (Lipinski definition) is 0. The number of methoxy groups -OCH3 is 6. The molecule has 12 nitrogen and oxygen atoms in total. The van der Waals surface area contributed by atoms with Crippen LogP contribution in [-0.4, -0.2) is 88.8 Å². The van der Waals surface area contributed by atoms with Crippen LogP contribution >= 0.6 is 0 Å². The zero-order valence-corrected chi connectivity index (χ0v) is 32.0. The van der Waals surface area contributed by atoms with Crippen LogP contribution in [0.1, 0.15) is 38.5 Å². The first kappa shape index (κ1) is 36.6. The van der Waals surface area contributed by atoms with Gasteiger partial charge in [-0.05, 0) is 81.0 Å². The van der Waals surface area contributed by atoms with Crippen molar-refractivity contribution in [3.8, 4) is 79.5 Å². The summed E-state index contributed by atoms with van der Waals surface area (Å²) >= 11 is 0. The molecule has 2 saturated heterocycles. The molecule has 12 heteroatoms. The minimum absolute atomic E-state index is 0.529. The van der Waals surface area contributed by atoms with E-state index >= 15 is 0 Å². The molecule has 0 aliphatic carbocycles. The summed E-state index contributed by atoms with van der Waals surface area (Å²) in [6.45, 7) is 3.62. The van der Waals surface area contributed by atoms with Crippen molar-refractivity contribution in [3.63, 3.8) is 0 Å². The van der Waals surface area contributed by atoms with Crippen molar-refractivity contribution in [1.29, 1.82) is 0 Å². The highest BCUT2D eigenvalue weighted by Crippen LogP contribution is 2.43. The van der Waals surface area contributed by atoms with Gasteiger partial charge in [0.25, 0.3) is 0 Å². The van der Waals surface area contributed by atoms with Crippen molar-refractivity contribution in [2.75, 3.05) is 78.6 Å². The summed E-state index contributed by atoms with van der Waals surface area (Å²) in [6, 6.07) is 20.1. The molecule has 2 aromatic heterocycles. The van der Waals surface area contributed by atoms with E-state index in [2.05, 4.69) is 28.0 Å². The van der Waals surface area contributed by atoms with Crippen LogP contribution in [0.2, 0.25) is 0 Å². The average Bonchev–Trinajstić information content (AvgIpc) is 3.25. The second-order valence-electron chi connectivity index (χ2n) is 13.4. The Morgan fingerprint density at radius 3 is 1.04 bits per heavy atom. The fraction of sp³-hybridized carbons (Fsp3) is 0.381. The number of aromatic nitrogens is 4. The molecule has 0 atom stereocenters. The van der Waals surface area contributed by atoms with E-state index in [0.29, 0.717) is 46.4 Å². The molecule has 2 fully saturated rings. The SMILES string of the molecule is COc1cc(-c2cc(-c3cccc(-c4cc(-c5cc(OC)c(OC)c(OC)c5)nc(N5CCCCC5)n4)c3)nc(N3CCCCC3)n2)cc(OC)c1OC. The lowest BCUT2D eigenvalue weighted by Gasteiger charge is -2.27. The third kappa shape index (κ3) is 7.50. The number of piperidine rings is 2. The minimum atomic E-state index is 0.529. The van der Waals surface area contributed by atoms with Crippen molar-refractivity contribution in [2.24, 2.45) is 0 Å². The lowest BCUT2D eigenvalue weighted by atomic mass is 10.0. The summed E-state index contributed by atoms with van der Waals surface area (Å²) in [5, 5.41) is 0. The van der Waals surface area contributed by atoms with Gasteiger partial charge in [-0.25, -0.2) is 19.9 Å². The normalized spacial score (nSPS) is 14.4. The molecule has 0 amide bonds. The molecule has 282 valence electrons. The van der Waals surface area contributed by atoms with Gasteiger partial charge >= 0.3 is 0 Å². The highest BCUT2D eigenvalue weighted by Gasteiger charge is 2.22. The number of benzene rings is 3. The highest BCUT2D eigenvalue weighted by atomic mass is 16.5. The predicted octanol–water partition coefficient (Wildman–Crippen LogP) is 7.97. The molecule has 5 aromatic rings. The summed E-state index contributed by atoms with van der Waals surface area (Å²) in [7, 11) is 9.68. The maximum absolute atomic E-state index is 5.70. The summed E-state index contributed by atoms with van der Waals surface area (Å²) in [4.78, 5) is 25.1. The van der Waals surface area contributed by atoms with Crippen LogP contribution in [0.15, 0.2) is 60.7 Å². The van der Waals surface area contributed by atoms with Gasteiger partial charge in [-0.15, -0.1) is 0 Å². The van der Waals surface area contributed by atoms with Crippen LogP contribution in [0.25, 0.3) is 45.0 Å². The average molecular weight is 733 g/mol. The second kappa shape index (κ2) is 16.5. The maximum Gasteiger partial charge on any atom is 0.226 e. The van der Waals surface area contributed by atoms with Gasteiger partial charge in [-0.3, -0.25) is 0 Å². The van der Waals surface area contributed by atoms with Crippen LogP contribution in [0.4, 0.5) is 11.9 Å². The van der Waals surface area contributed by atoms with Crippen molar-refractivity contribution in [1.82, 2.24) is 19.9 Å². The van der Waals surface area contributed by atoms with E-state index in [0.717, 1.165) is 96.9 Å². The predicted molar refractivity (Wildman–Crippen MR) is 211 cm³/mol. The van der Waals surface area contributed by atoms with E-state index in [1.54, 1.807) is 42.7 Å². The Kier molecular flexibility index (Phi) is 11.2.